The first-order valence-corrected chi connectivity index (χ1v) is 11.8. The van der Waals surface area contributed by atoms with E-state index in [9.17, 15) is 23.3 Å². The van der Waals surface area contributed by atoms with Crippen LogP contribution in [-0.2, 0) is 16.6 Å². The standard InChI is InChI=1S/C25H21N3O5S/c1-27(17-19-10-6-9-18-8-2-3-13-22(18)19)25(29)23-14-4-5-15-24(23)26-34(32,33)21-12-7-11-20(16-21)28(30)31/h2-16,26H,17H2,1H3. The van der Waals surface area contributed by atoms with Gasteiger partial charge in [0, 0.05) is 25.7 Å². The highest BCUT2D eigenvalue weighted by molar-refractivity contribution is 7.92. The van der Waals surface area contributed by atoms with Crippen molar-refractivity contribution in [2.45, 2.75) is 11.4 Å². The summed E-state index contributed by atoms with van der Waals surface area (Å²) < 4.78 is 28.2. The number of hydrogen-bond acceptors (Lipinski definition) is 5. The summed E-state index contributed by atoms with van der Waals surface area (Å²) in [7, 11) is -2.52. The number of para-hydroxylation sites is 1. The zero-order valence-electron chi connectivity index (χ0n) is 18.2. The first kappa shape index (κ1) is 22.9. The van der Waals surface area contributed by atoms with Crippen molar-refractivity contribution >= 4 is 38.1 Å². The van der Waals surface area contributed by atoms with E-state index in [1.54, 1.807) is 19.2 Å². The lowest BCUT2D eigenvalue weighted by Crippen LogP contribution is -2.27. The molecule has 172 valence electrons. The van der Waals surface area contributed by atoms with Crippen LogP contribution in [-0.4, -0.2) is 31.2 Å². The Hall–Kier alpha value is -4.24. The molecule has 0 unspecified atom stereocenters. The highest BCUT2D eigenvalue weighted by atomic mass is 32.2. The first-order chi connectivity index (χ1) is 16.3. The van der Waals surface area contributed by atoms with E-state index < -0.39 is 14.9 Å². The van der Waals surface area contributed by atoms with Gasteiger partial charge in [-0.1, -0.05) is 60.7 Å². The van der Waals surface area contributed by atoms with Gasteiger partial charge >= 0.3 is 0 Å². The number of anilines is 1. The van der Waals surface area contributed by atoms with E-state index in [-0.39, 0.29) is 27.7 Å². The molecule has 0 atom stereocenters. The van der Waals surface area contributed by atoms with Gasteiger partial charge in [-0.25, -0.2) is 8.42 Å². The van der Waals surface area contributed by atoms with Crippen LogP contribution < -0.4 is 4.72 Å². The molecule has 4 aromatic carbocycles. The number of amides is 1. The van der Waals surface area contributed by atoms with Crippen molar-refractivity contribution in [2.75, 3.05) is 11.8 Å². The van der Waals surface area contributed by atoms with Crippen LogP contribution in [0.1, 0.15) is 15.9 Å². The minimum absolute atomic E-state index is 0.0868. The summed E-state index contributed by atoms with van der Waals surface area (Å²) in [5.41, 5.74) is 0.869. The molecule has 0 heterocycles. The van der Waals surface area contributed by atoms with Crippen LogP contribution >= 0.6 is 0 Å². The minimum atomic E-state index is -4.16. The number of fused-ring (bicyclic) bond motifs is 1. The second kappa shape index (κ2) is 9.32. The molecule has 1 amide bonds. The molecule has 0 fully saturated rings. The van der Waals surface area contributed by atoms with Crippen molar-refractivity contribution in [3.63, 3.8) is 0 Å². The third-order valence-electron chi connectivity index (χ3n) is 5.37. The van der Waals surface area contributed by atoms with Gasteiger partial charge in [-0.2, -0.15) is 0 Å². The maximum atomic E-state index is 13.3. The van der Waals surface area contributed by atoms with Gasteiger partial charge < -0.3 is 4.90 Å². The lowest BCUT2D eigenvalue weighted by atomic mass is 10.0. The smallest absolute Gasteiger partial charge is 0.270 e. The molecule has 4 aromatic rings. The van der Waals surface area contributed by atoms with Crippen molar-refractivity contribution < 1.29 is 18.1 Å². The number of benzene rings is 4. The number of non-ortho nitro benzene ring substituents is 1. The maximum absolute atomic E-state index is 13.3. The van der Waals surface area contributed by atoms with E-state index in [4.69, 9.17) is 0 Å². The Morgan fingerprint density at radius 1 is 0.941 bits per heavy atom. The number of nitrogens with one attached hydrogen (secondary N) is 1. The van der Waals surface area contributed by atoms with Crippen LogP contribution in [0.4, 0.5) is 11.4 Å². The van der Waals surface area contributed by atoms with Gasteiger partial charge in [0.1, 0.15) is 0 Å². The van der Waals surface area contributed by atoms with Crippen LogP contribution in [0.5, 0.6) is 0 Å². The van der Waals surface area contributed by atoms with Crippen LogP contribution in [0.25, 0.3) is 10.8 Å². The predicted molar refractivity (Wildman–Crippen MR) is 130 cm³/mol. The van der Waals surface area contributed by atoms with Crippen molar-refractivity contribution in [2.24, 2.45) is 0 Å². The van der Waals surface area contributed by atoms with Gasteiger partial charge in [-0.05, 0) is 34.5 Å². The molecular weight excluding hydrogens is 454 g/mol. The normalized spacial score (nSPS) is 11.2. The Kier molecular flexibility index (Phi) is 6.29. The monoisotopic (exact) mass is 475 g/mol. The highest BCUT2D eigenvalue weighted by Gasteiger charge is 2.22. The largest absolute Gasteiger partial charge is 0.337 e. The third-order valence-corrected chi connectivity index (χ3v) is 6.74. The number of rotatable bonds is 7. The molecule has 0 aromatic heterocycles. The fourth-order valence-electron chi connectivity index (χ4n) is 3.69. The number of nitro benzene ring substituents is 1. The van der Waals surface area contributed by atoms with Gasteiger partial charge in [-0.3, -0.25) is 19.6 Å². The average Bonchev–Trinajstić information content (AvgIpc) is 2.84. The maximum Gasteiger partial charge on any atom is 0.270 e. The average molecular weight is 476 g/mol. The van der Waals surface area contributed by atoms with Gasteiger partial charge in [0.05, 0.1) is 21.1 Å². The highest BCUT2D eigenvalue weighted by Crippen LogP contribution is 2.25. The van der Waals surface area contributed by atoms with E-state index >= 15 is 0 Å². The van der Waals surface area contributed by atoms with E-state index in [1.165, 1.54) is 35.2 Å². The Bertz CT molecular complexity index is 1500. The quantitative estimate of drug-likeness (QED) is 0.304. The van der Waals surface area contributed by atoms with E-state index in [0.29, 0.717) is 6.54 Å². The predicted octanol–water partition coefficient (Wildman–Crippen LogP) is 4.82. The molecule has 0 spiro atoms. The van der Waals surface area contributed by atoms with Gasteiger partial charge in [0.15, 0.2) is 0 Å². The van der Waals surface area contributed by atoms with E-state index in [1.807, 2.05) is 42.5 Å². The summed E-state index contributed by atoms with van der Waals surface area (Å²) in [6.07, 6.45) is 0. The summed E-state index contributed by atoms with van der Waals surface area (Å²) in [6.45, 7) is 0.326. The van der Waals surface area contributed by atoms with Crippen molar-refractivity contribution in [1.82, 2.24) is 4.90 Å². The number of nitrogens with zero attached hydrogens (tertiary/aromatic N) is 2. The zero-order chi connectivity index (χ0) is 24.3. The lowest BCUT2D eigenvalue weighted by molar-refractivity contribution is -0.385. The molecule has 8 nitrogen and oxygen atoms in total. The lowest BCUT2D eigenvalue weighted by Gasteiger charge is -2.20. The van der Waals surface area contributed by atoms with Crippen LogP contribution in [0.15, 0.2) is 95.9 Å². The SMILES string of the molecule is CN(Cc1cccc2ccccc12)C(=O)c1ccccc1NS(=O)(=O)c1cccc([N+](=O)[O-])c1. The molecule has 0 aliphatic rings. The summed E-state index contributed by atoms with van der Waals surface area (Å²) in [5.74, 6) is -0.370. The summed E-state index contributed by atoms with van der Waals surface area (Å²) >= 11 is 0. The molecule has 34 heavy (non-hydrogen) atoms. The van der Waals surface area contributed by atoms with Gasteiger partial charge in [0.25, 0.3) is 21.6 Å². The van der Waals surface area contributed by atoms with E-state index in [2.05, 4.69) is 4.72 Å². The minimum Gasteiger partial charge on any atom is -0.337 e. The molecule has 0 saturated carbocycles. The summed E-state index contributed by atoms with van der Waals surface area (Å²) in [6, 6.07) is 24.7. The van der Waals surface area contributed by atoms with E-state index in [0.717, 1.165) is 22.4 Å². The topological polar surface area (TPSA) is 110 Å². The molecular formula is C25H21N3O5S. The molecule has 0 saturated heterocycles. The molecule has 4 rings (SSSR count). The van der Waals surface area contributed by atoms with Gasteiger partial charge in [0.2, 0.25) is 0 Å². The fraction of sp³-hybridized carbons (Fsp3) is 0.0800. The summed E-state index contributed by atoms with van der Waals surface area (Å²) in [4.78, 5) is 24.9. The fourth-order valence-corrected chi connectivity index (χ4v) is 4.81. The molecule has 1 N–H and O–H groups in total. The number of carbonyl (C=O) groups is 1. The first-order valence-electron chi connectivity index (χ1n) is 10.3. The summed E-state index contributed by atoms with van der Waals surface area (Å²) in [5, 5.41) is 13.1. The number of hydrogen-bond donors (Lipinski definition) is 1. The number of carbonyl (C=O) groups excluding carboxylic acids is 1. The second-order valence-electron chi connectivity index (χ2n) is 7.71. The molecule has 9 heteroatoms. The van der Waals surface area contributed by atoms with Gasteiger partial charge in [-0.15, -0.1) is 0 Å². The van der Waals surface area contributed by atoms with Crippen LogP contribution in [0.2, 0.25) is 0 Å². The Morgan fingerprint density at radius 3 is 2.41 bits per heavy atom. The Balaban J connectivity index is 1.61. The second-order valence-corrected chi connectivity index (χ2v) is 9.39. The number of sulfonamides is 1. The zero-order valence-corrected chi connectivity index (χ0v) is 19.0. The molecule has 0 aliphatic heterocycles. The third kappa shape index (κ3) is 4.74. The molecule has 0 bridgehead atoms. The van der Waals surface area contributed by atoms with Crippen molar-refractivity contribution in [3.8, 4) is 0 Å². The van der Waals surface area contributed by atoms with Crippen molar-refractivity contribution in [1.29, 1.82) is 0 Å². The van der Waals surface area contributed by atoms with Crippen LogP contribution in [0, 0.1) is 10.1 Å². The molecule has 0 aliphatic carbocycles. The Labute approximate surface area is 196 Å². The Morgan fingerprint density at radius 2 is 1.62 bits per heavy atom. The van der Waals surface area contributed by atoms with Crippen molar-refractivity contribution in [3.05, 3.63) is 112 Å². The number of nitro groups is 1. The molecule has 0 radical (unpaired) electrons. The van der Waals surface area contributed by atoms with Crippen LogP contribution in [0.3, 0.4) is 0 Å².